The summed E-state index contributed by atoms with van der Waals surface area (Å²) in [6.45, 7) is 14.0. The minimum atomic E-state index is -0.375. The van der Waals surface area contributed by atoms with Crippen molar-refractivity contribution in [2.24, 2.45) is 0 Å². The average molecular weight is 2380 g/mol. The molecule has 23 aromatic rings. The van der Waals surface area contributed by atoms with Crippen LogP contribution in [-0.4, -0.2) is 39.1 Å². The van der Waals surface area contributed by atoms with Crippen LogP contribution < -0.4 is 9.47 Å². The summed E-state index contributed by atoms with van der Waals surface area (Å²) in [5.74, 6) is 2.25. The topological polar surface area (TPSA) is 105 Å². The molecular weight excluding hydrogens is 2290 g/mol. The van der Waals surface area contributed by atoms with Gasteiger partial charge in [-0.2, -0.15) is 11.2 Å². The van der Waals surface area contributed by atoms with Gasteiger partial charge in [-0.1, -0.05) is 221 Å². The quantitative estimate of drug-likeness (QED) is 0.109. The van der Waals surface area contributed by atoms with Crippen LogP contribution in [0, 0.1) is 36.4 Å². The second-order valence-corrected chi connectivity index (χ2v) is 40.9. The van der Waals surface area contributed by atoms with E-state index in [9.17, 15) is 0 Å². The molecule has 13 aliphatic rings. The van der Waals surface area contributed by atoms with Gasteiger partial charge in [-0.25, -0.2) is 0 Å². The minimum Gasteiger partial charge on any atom is -0.503 e. The average Bonchev–Trinajstić information content (AvgIpc) is 1.46. The summed E-state index contributed by atoms with van der Waals surface area (Å²) in [6.07, 6.45) is 10.2. The van der Waals surface area contributed by atoms with Crippen molar-refractivity contribution in [2.75, 3.05) is 0 Å². The molecule has 676 valence electrons. The number of imidazole rings is 1. The summed E-state index contributed by atoms with van der Waals surface area (Å²) in [5, 5.41) is 16.5. The Balaban J connectivity index is 0.000000119. The van der Waals surface area contributed by atoms with Gasteiger partial charge in [0.1, 0.15) is 0 Å². The largest absolute Gasteiger partial charge is 2.00 e. The number of pyridine rings is 5. The predicted octanol–water partition coefficient (Wildman–Crippen LogP) is 29.9. The fourth-order valence-corrected chi connectivity index (χ4v) is 24.6. The van der Waals surface area contributed by atoms with Crippen LogP contribution >= 0.6 is 34.0 Å². The van der Waals surface area contributed by atoms with Crippen LogP contribution in [0.15, 0.2) is 316 Å². The second-order valence-electron chi connectivity index (χ2n) is 37.7. The first-order chi connectivity index (χ1) is 66.0. The zero-order valence-electron chi connectivity index (χ0n) is 76.5. The summed E-state index contributed by atoms with van der Waals surface area (Å²) in [4.78, 5) is 25.3. The molecule has 0 fully saturated rings. The van der Waals surface area contributed by atoms with Crippen LogP contribution in [0.2, 0.25) is 0 Å². The van der Waals surface area contributed by atoms with Gasteiger partial charge in [0, 0.05) is 130 Å². The van der Waals surface area contributed by atoms with E-state index in [4.69, 9.17) is 39.5 Å². The molecule has 10 nitrogen and oxygen atoms in total. The zero-order valence-corrected chi connectivity index (χ0v) is 85.7. The Kier molecular flexibility index (Phi) is 23.9. The molecule has 0 N–H and O–H groups in total. The minimum absolute atomic E-state index is 0. The van der Waals surface area contributed by atoms with E-state index in [0.29, 0.717) is 23.3 Å². The normalized spacial score (nSPS) is 14.2. The fraction of sp³-hybridized carbons (Fsp3) is 0.148. The molecule has 30 bridgehead atoms. The molecular formula is C122H88N8O2Pt3S3. The number of thiophene rings is 3. The number of aromatic nitrogens is 8. The maximum atomic E-state index is 6.49. The van der Waals surface area contributed by atoms with Crippen molar-refractivity contribution in [3.63, 3.8) is 0 Å². The molecule has 0 aliphatic carbocycles. The van der Waals surface area contributed by atoms with E-state index in [0.717, 1.165) is 148 Å². The molecule has 0 spiro atoms. The van der Waals surface area contributed by atoms with Crippen LogP contribution in [0.3, 0.4) is 0 Å². The Morgan fingerprint density at radius 3 is 1.43 bits per heavy atom. The summed E-state index contributed by atoms with van der Waals surface area (Å²) in [5.41, 5.74) is 29.6. The van der Waals surface area contributed by atoms with Crippen LogP contribution in [0.4, 0.5) is 0 Å². The van der Waals surface area contributed by atoms with Crippen molar-refractivity contribution in [1.29, 1.82) is 0 Å². The van der Waals surface area contributed by atoms with E-state index in [2.05, 4.69) is 331 Å². The Morgan fingerprint density at radius 2 is 0.833 bits per heavy atom. The van der Waals surface area contributed by atoms with Gasteiger partial charge in [-0.3, -0.25) is 19.6 Å². The monoisotopic (exact) mass is 2380 g/mol. The van der Waals surface area contributed by atoms with Crippen molar-refractivity contribution >= 4 is 122 Å². The van der Waals surface area contributed by atoms with Gasteiger partial charge in [0.25, 0.3) is 0 Å². The SMILES string of the molecule is CC1(C)c2cccc(n2)-c2[c-]cc(cc2)CCc2cccc3sc4cc(ccc4c23)Cc2c[c-]c(cc2)-c2cccc1n2.CC1(C)c2cccc3c4ccc5[c-]c4c4nc(c(n4c23)C1(C)C)Cc1cccc2sc3cccc(c3c12)Cc1ccn(n1)-c1[c-]c(ccc1)O5.[Pt+2].[Pt+2].[Pt+2].[c-]1cc2ccc1-c1cccc(n1)Oc1cccc(n1)-c1[c-]cc(cc1)CCc1cccc3c1sc1c(cccc13)CC2. The second kappa shape index (κ2) is 36.5. The third kappa shape index (κ3) is 16.3. The van der Waals surface area contributed by atoms with Crippen molar-refractivity contribution < 1.29 is 72.7 Å². The number of nitrogens with zero attached hydrogens (tertiary/aromatic N) is 8. The number of rotatable bonds is 0. The molecule has 0 radical (unpaired) electrons. The number of benzene rings is 13. The Hall–Kier alpha value is -12.8. The van der Waals surface area contributed by atoms with Crippen LogP contribution in [0.1, 0.15) is 131 Å². The number of hydrogen-bond acceptors (Lipinski definition) is 11. The van der Waals surface area contributed by atoms with E-state index >= 15 is 0 Å². The molecule has 0 unspecified atom stereocenters. The van der Waals surface area contributed by atoms with Gasteiger partial charge in [-0.05, 0) is 161 Å². The van der Waals surface area contributed by atoms with Crippen LogP contribution in [0.5, 0.6) is 23.3 Å². The first kappa shape index (κ1) is 90.4. The Morgan fingerprint density at radius 1 is 0.348 bits per heavy atom. The maximum Gasteiger partial charge on any atom is 2.00 e. The predicted molar refractivity (Wildman–Crippen MR) is 552 cm³/mol. The zero-order chi connectivity index (χ0) is 90.4. The van der Waals surface area contributed by atoms with E-state index < -0.39 is 0 Å². The molecule has 138 heavy (non-hydrogen) atoms. The van der Waals surface area contributed by atoms with E-state index in [1.165, 1.54) is 138 Å². The van der Waals surface area contributed by atoms with Crippen LogP contribution in [-0.2, 0) is 137 Å². The van der Waals surface area contributed by atoms with Crippen molar-refractivity contribution in [2.45, 2.75) is 116 Å². The van der Waals surface area contributed by atoms with Crippen molar-refractivity contribution in [1.82, 2.24) is 39.1 Å². The van der Waals surface area contributed by atoms with E-state index in [-0.39, 0.29) is 79.4 Å². The molecule has 0 saturated carbocycles. The van der Waals surface area contributed by atoms with E-state index in [1.807, 2.05) is 106 Å². The van der Waals surface area contributed by atoms with Crippen molar-refractivity contribution in [3.8, 4) is 74.0 Å². The molecule has 16 heteroatoms. The van der Waals surface area contributed by atoms with Crippen molar-refractivity contribution in [3.05, 3.63) is 442 Å². The first-order valence-corrected chi connectivity index (χ1v) is 49.0. The van der Waals surface area contributed by atoms with Gasteiger partial charge in [0.05, 0.1) is 17.0 Å². The number of para-hydroxylation sites is 1. The molecule has 13 aromatic carbocycles. The van der Waals surface area contributed by atoms with Gasteiger partial charge < -0.3 is 23.8 Å². The number of fused-ring (bicyclic) bond motifs is 10. The smallest absolute Gasteiger partial charge is 0.503 e. The molecule has 10 aromatic heterocycles. The number of hydrogen-bond donors (Lipinski definition) is 0. The van der Waals surface area contributed by atoms with E-state index in [1.54, 1.807) is 0 Å². The van der Waals surface area contributed by atoms with Gasteiger partial charge >= 0.3 is 63.2 Å². The maximum absolute atomic E-state index is 6.49. The van der Waals surface area contributed by atoms with Gasteiger partial charge in [0.2, 0.25) is 11.8 Å². The summed E-state index contributed by atoms with van der Waals surface area (Å²) < 4.78 is 25.1. The summed E-state index contributed by atoms with van der Waals surface area (Å²) >= 11 is 5.72. The molecule has 36 rings (SSSR count). The first-order valence-electron chi connectivity index (χ1n) is 46.5. The molecule has 0 amide bonds. The molecule has 13 aliphatic heterocycles. The Bertz CT molecular complexity index is 8560. The third-order valence-corrected chi connectivity index (χ3v) is 32.2. The number of aryl methyl sites for hydroxylation is 6. The van der Waals surface area contributed by atoms with Gasteiger partial charge in [-0.15, -0.1) is 206 Å². The standard InChI is InChI=1S/C44H32N4OS.C40H30N2S.C38H26N2OS.3Pt/c1-43(2)34-14-8-13-32-31-18-17-30-24-33(31)42-45-35(41(44(43,3)4)48(42)40(32)34)22-26-10-6-16-37-39(26)38-25(9-5-15-36(38)50-37)21-27-19-20-47(46-27)28-11-7-12-29(23-28)49-30;1-40(2)37-10-4-7-33(41-37)29-18-12-26(13-19-29)14-22-31-6-3-9-35-39(31)32-23-17-28(25-36(32)43-35)24-27-15-20-30(21-16-27)34-8-5-11-38(40)42-34;1-5-29-23-17-25-13-19-27(20-14-25)33-9-3-11-35(39-33)41-36-12-4-10-34(40-36)28-21-15-26(16-22-28)18-24-30-6-2-8-32-31(7-1)37(29)42-38(30)32;;;/h5-20H,21-22H2,1-4H3;3-13,15-18,20,23,25H,14,22,24H2,1-2H3;1-16,19,21H,17-18,23-24H2;;;/q3*-2;3*+2. The summed E-state index contributed by atoms with van der Waals surface area (Å²) in [7, 11) is 0. The summed E-state index contributed by atoms with van der Waals surface area (Å²) in [6, 6.07) is 131. The Labute approximate surface area is 856 Å². The fourth-order valence-electron chi connectivity index (χ4n) is 20.8. The van der Waals surface area contributed by atoms with Crippen LogP contribution in [0.25, 0.3) is 139 Å². The third-order valence-electron chi connectivity index (χ3n) is 28.6. The van der Waals surface area contributed by atoms with Gasteiger partial charge in [0.15, 0.2) is 0 Å². The molecule has 0 saturated heterocycles. The molecule has 0 atom stereocenters. The molecule has 23 heterocycles. The number of ether oxygens (including phenoxy) is 2.